The first-order valence-corrected chi connectivity index (χ1v) is 11.9. The van der Waals surface area contributed by atoms with E-state index in [0.29, 0.717) is 24.7 Å². The van der Waals surface area contributed by atoms with Gasteiger partial charge in [0, 0.05) is 52.6 Å². The summed E-state index contributed by atoms with van der Waals surface area (Å²) in [4.78, 5) is 15.4. The molecule has 5 atom stereocenters. The number of anilines is 1. The zero-order valence-corrected chi connectivity index (χ0v) is 20.1. The number of nitrogens with zero attached hydrogens (tertiary/aromatic N) is 2. The molecule has 0 heterocycles. The molecular formula is C27H40N2O3. The van der Waals surface area contributed by atoms with Crippen molar-refractivity contribution in [3.05, 3.63) is 53.6 Å². The van der Waals surface area contributed by atoms with Crippen molar-refractivity contribution in [3.8, 4) is 0 Å². The lowest BCUT2D eigenvalue weighted by Gasteiger charge is -2.19. The van der Waals surface area contributed by atoms with Crippen molar-refractivity contribution < 1.29 is 15.0 Å². The van der Waals surface area contributed by atoms with Crippen molar-refractivity contribution in [2.45, 2.75) is 57.2 Å². The molecule has 0 aromatic heterocycles. The number of aliphatic hydroxyl groups excluding tert-OH is 2. The lowest BCUT2D eigenvalue weighted by molar-refractivity contribution is -0.128. The summed E-state index contributed by atoms with van der Waals surface area (Å²) in [6, 6.07) is 8.26. The van der Waals surface area contributed by atoms with Crippen molar-refractivity contribution in [2.24, 2.45) is 17.8 Å². The lowest BCUT2D eigenvalue weighted by atomic mass is 9.88. The Labute approximate surface area is 193 Å². The average Bonchev–Trinajstić information content (AvgIpc) is 3.26. The van der Waals surface area contributed by atoms with Crippen molar-refractivity contribution in [1.82, 2.24) is 4.90 Å². The van der Waals surface area contributed by atoms with Gasteiger partial charge in [-0.25, -0.2) is 0 Å². The van der Waals surface area contributed by atoms with Crippen LogP contribution < -0.4 is 4.90 Å². The Morgan fingerprint density at radius 2 is 1.88 bits per heavy atom. The van der Waals surface area contributed by atoms with Crippen LogP contribution in [0.4, 0.5) is 5.69 Å². The van der Waals surface area contributed by atoms with E-state index in [0.717, 1.165) is 43.4 Å². The zero-order valence-electron chi connectivity index (χ0n) is 20.1. The van der Waals surface area contributed by atoms with Crippen LogP contribution in [0.1, 0.15) is 44.1 Å². The largest absolute Gasteiger partial charge is 0.392 e. The number of hydrogen-bond donors (Lipinski definition) is 2. The lowest BCUT2D eigenvalue weighted by Crippen LogP contribution is -2.21. The topological polar surface area (TPSA) is 64.0 Å². The maximum Gasteiger partial charge on any atom is 0.222 e. The molecule has 0 aliphatic heterocycles. The monoisotopic (exact) mass is 440 g/mol. The SMILES string of the molecule is CN(C)C(=O)CCCCC1=C[C@H]2C[C@@H](O)[C@H](C=C[C@@H](O)Cc3ccc(N(C)C)cc3)[C@H]2C1. The standard InChI is InChI=1S/C27H40N2O3/c1-28(2)22-11-9-19(10-12-22)16-23(30)13-14-24-25-17-20(15-21(25)18-26(24)31)7-5-6-8-27(32)29(3)4/h9-15,21,23-26,30-31H,5-8,16-18H2,1-4H3/t21-,23+,24+,25-,26+/m0/s1. The molecule has 5 nitrogen and oxygen atoms in total. The third-order valence-corrected chi connectivity index (χ3v) is 7.04. The fourth-order valence-corrected chi connectivity index (χ4v) is 5.14. The minimum absolute atomic E-state index is 0.106. The minimum Gasteiger partial charge on any atom is -0.392 e. The van der Waals surface area contributed by atoms with E-state index < -0.39 is 6.10 Å². The highest BCUT2D eigenvalue weighted by molar-refractivity contribution is 5.75. The van der Waals surface area contributed by atoms with Gasteiger partial charge >= 0.3 is 0 Å². The van der Waals surface area contributed by atoms with Crippen LogP contribution in [-0.4, -0.2) is 61.4 Å². The van der Waals surface area contributed by atoms with Gasteiger partial charge in [0.2, 0.25) is 5.91 Å². The Morgan fingerprint density at radius 3 is 2.53 bits per heavy atom. The Morgan fingerprint density at radius 1 is 1.16 bits per heavy atom. The molecule has 1 aromatic rings. The molecule has 176 valence electrons. The van der Waals surface area contributed by atoms with Gasteiger partial charge in [0.25, 0.3) is 0 Å². The van der Waals surface area contributed by atoms with Crippen LogP contribution in [0.2, 0.25) is 0 Å². The normalized spacial score (nSPS) is 25.6. The summed E-state index contributed by atoms with van der Waals surface area (Å²) >= 11 is 0. The average molecular weight is 441 g/mol. The molecule has 0 saturated heterocycles. The predicted molar refractivity (Wildman–Crippen MR) is 131 cm³/mol. The van der Waals surface area contributed by atoms with Crippen molar-refractivity contribution in [1.29, 1.82) is 0 Å². The molecule has 2 aliphatic carbocycles. The van der Waals surface area contributed by atoms with Crippen molar-refractivity contribution >= 4 is 11.6 Å². The molecule has 1 fully saturated rings. The smallest absolute Gasteiger partial charge is 0.222 e. The molecule has 1 saturated carbocycles. The second kappa shape index (κ2) is 11.2. The second-order valence-electron chi connectivity index (χ2n) is 9.95. The molecule has 0 bridgehead atoms. The Hall–Kier alpha value is -2.11. The summed E-state index contributed by atoms with van der Waals surface area (Å²) in [7, 11) is 7.64. The van der Waals surface area contributed by atoms with Gasteiger partial charge in [0.1, 0.15) is 0 Å². The van der Waals surface area contributed by atoms with Gasteiger partial charge in [-0.3, -0.25) is 4.79 Å². The van der Waals surface area contributed by atoms with Crippen LogP contribution in [0.3, 0.4) is 0 Å². The van der Waals surface area contributed by atoms with Crippen molar-refractivity contribution in [2.75, 3.05) is 33.1 Å². The maximum absolute atomic E-state index is 11.7. The number of unbranched alkanes of at least 4 members (excludes halogenated alkanes) is 1. The van der Waals surface area contributed by atoms with Gasteiger partial charge in [-0.2, -0.15) is 0 Å². The van der Waals surface area contributed by atoms with Crippen LogP contribution in [0.25, 0.3) is 0 Å². The van der Waals surface area contributed by atoms with E-state index >= 15 is 0 Å². The first-order chi connectivity index (χ1) is 15.2. The molecule has 32 heavy (non-hydrogen) atoms. The molecule has 3 rings (SSSR count). The van der Waals surface area contributed by atoms with E-state index in [-0.39, 0.29) is 17.9 Å². The van der Waals surface area contributed by atoms with Crippen LogP contribution >= 0.6 is 0 Å². The summed E-state index contributed by atoms with van der Waals surface area (Å²) in [5.74, 6) is 1.18. The number of rotatable bonds is 10. The van der Waals surface area contributed by atoms with Crippen molar-refractivity contribution in [3.63, 3.8) is 0 Å². The van der Waals surface area contributed by atoms with Gasteiger partial charge in [-0.1, -0.05) is 35.9 Å². The number of fused-ring (bicyclic) bond motifs is 1. The first-order valence-electron chi connectivity index (χ1n) is 11.9. The first kappa shape index (κ1) is 24.5. The highest BCUT2D eigenvalue weighted by Gasteiger charge is 2.43. The van der Waals surface area contributed by atoms with Crippen LogP contribution in [0, 0.1) is 17.8 Å². The molecule has 1 amide bonds. The number of allylic oxidation sites excluding steroid dienone is 2. The quantitative estimate of drug-likeness (QED) is 0.429. The molecule has 5 heteroatoms. The zero-order chi connectivity index (χ0) is 23.3. The number of carbonyl (C=O) groups is 1. The Balaban J connectivity index is 1.47. The van der Waals surface area contributed by atoms with E-state index in [1.807, 2.05) is 20.2 Å². The molecule has 0 spiro atoms. The van der Waals surface area contributed by atoms with E-state index in [2.05, 4.69) is 41.3 Å². The maximum atomic E-state index is 11.7. The number of carbonyl (C=O) groups excluding carboxylic acids is 1. The number of hydrogen-bond acceptors (Lipinski definition) is 4. The second-order valence-corrected chi connectivity index (χ2v) is 9.95. The summed E-state index contributed by atoms with van der Waals surface area (Å²) in [5, 5.41) is 21.1. The third-order valence-electron chi connectivity index (χ3n) is 7.04. The highest BCUT2D eigenvalue weighted by atomic mass is 16.3. The van der Waals surface area contributed by atoms with Gasteiger partial charge < -0.3 is 20.0 Å². The summed E-state index contributed by atoms with van der Waals surface area (Å²) < 4.78 is 0. The van der Waals surface area contributed by atoms with E-state index in [1.54, 1.807) is 19.0 Å². The fourth-order valence-electron chi connectivity index (χ4n) is 5.14. The molecule has 2 N–H and O–H groups in total. The van der Waals surface area contributed by atoms with Gasteiger partial charge in [0.15, 0.2) is 0 Å². The number of benzene rings is 1. The van der Waals surface area contributed by atoms with E-state index in [1.165, 1.54) is 5.57 Å². The van der Waals surface area contributed by atoms with E-state index in [4.69, 9.17) is 0 Å². The van der Waals surface area contributed by atoms with Gasteiger partial charge in [-0.05, 0) is 61.6 Å². The molecule has 2 aliphatic rings. The molecule has 0 unspecified atom stereocenters. The fraction of sp³-hybridized carbons (Fsp3) is 0.593. The Bertz CT molecular complexity index is 813. The predicted octanol–water partition coefficient (Wildman–Crippen LogP) is 3.80. The number of aliphatic hydroxyl groups is 2. The molecule has 1 aromatic carbocycles. The van der Waals surface area contributed by atoms with Gasteiger partial charge in [-0.15, -0.1) is 0 Å². The van der Waals surface area contributed by atoms with Gasteiger partial charge in [0.05, 0.1) is 12.2 Å². The van der Waals surface area contributed by atoms with Crippen LogP contribution in [0.5, 0.6) is 0 Å². The van der Waals surface area contributed by atoms with Crippen LogP contribution in [-0.2, 0) is 11.2 Å². The van der Waals surface area contributed by atoms with Crippen LogP contribution in [0.15, 0.2) is 48.1 Å². The summed E-state index contributed by atoms with van der Waals surface area (Å²) in [6.07, 6.45) is 11.5. The van der Waals surface area contributed by atoms with E-state index in [9.17, 15) is 15.0 Å². The summed E-state index contributed by atoms with van der Waals surface area (Å²) in [6.45, 7) is 0. The molecule has 0 radical (unpaired) electrons. The number of amides is 1. The highest BCUT2D eigenvalue weighted by Crippen LogP contribution is 2.48. The third kappa shape index (κ3) is 6.46. The summed E-state index contributed by atoms with van der Waals surface area (Å²) in [5.41, 5.74) is 3.73. The minimum atomic E-state index is -0.547. The Kier molecular flexibility index (Phi) is 8.55. The molecular weight excluding hydrogens is 400 g/mol.